The Bertz CT molecular complexity index is 5700. The molecule has 12 heterocycles. The zero-order valence-electron chi connectivity index (χ0n) is 79.8. The number of anilines is 3. The number of amides is 1. The van der Waals surface area contributed by atoms with Crippen LogP contribution in [0.5, 0.6) is 11.5 Å². The molecule has 3 unspecified atom stereocenters. The van der Waals surface area contributed by atoms with Crippen LogP contribution in [-0.2, 0) is 100 Å². The van der Waals surface area contributed by atoms with Gasteiger partial charge in [-0.15, -0.1) is 0 Å². The van der Waals surface area contributed by atoms with E-state index in [0.29, 0.717) is 196 Å². The maximum atomic E-state index is 15.5. The summed E-state index contributed by atoms with van der Waals surface area (Å²) in [5, 5.41) is 67.8. The molecule has 4 saturated heterocycles. The van der Waals surface area contributed by atoms with Gasteiger partial charge in [-0.3, -0.25) is 47.9 Å². The molecule has 4 aromatic carbocycles. The van der Waals surface area contributed by atoms with Gasteiger partial charge in [-0.1, -0.05) is 52.0 Å². The molecule has 1 amide bonds. The van der Waals surface area contributed by atoms with Gasteiger partial charge in [0.1, 0.15) is 28.4 Å². The number of fused-ring (bicyclic) bond motifs is 12. The average Bonchev–Trinajstić information content (AvgIpc) is 1.47. The van der Waals surface area contributed by atoms with Gasteiger partial charge in [0, 0.05) is 204 Å². The lowest BCUT2D eigenvalue weighted by molar-refractivity contribution is -0.228. The van der Waals surface area contributed by atoms with Crippen molar-refractivity contribution in [2.75, 3.05) is 176 Å². The number of aliphatic hydroxyl groups excluding tert-OH is 1. The molecular formula is C98H136IN11O22P2. The molecule has 0 radical (unpaired) electrons. The molecule has 6 fully saturated rings. The normalized spacial score (nSPS) is 34.5. The van der Waals surface area contributed by atoms with Crippen molar-refractivity contribution in [1.29, 1.82) is 0 Å². The lowest BCUT2D eigenvalue weighted by atomic mass is 9.47. The minimum Gasteiger partial charge on any atom is -0.496 e. The zero-order chi connectivity index (χ0) is 96.5. The number of hydrogen-bond donors (Lipinski definition) is 11. The van der Waals surface area contributed by atoms with Crippen LogP contribution in [0.25, 0.3) is 21.8 Å². The number of aliphatic hydroxyl groups is 5. The molecular weight excluding hydrogens is 1870 g/mol. The second kappa shape index (κ2) is 36.9. The zero-order valence-corrected chi connectivity index (χ0v) is 83.8. The van der Waals surface area contributed by atoms with Gasteiger partial charge in [0.25, 0.3) is 5.91 Å². The van der Waals surface area contributed by atoms with E-state index in [2.05, 4.69) is 100.0 Å². The van der Waals surface area contributed by atoms with Gasteiger partial charge in [0.2, 0.25) is 5.60 Å². The van der Waals surface area contributed by atoms with Crippen molar-refractivity contribution in [1.82, 2.24) is 29.6 Å². The lowest BCUT2D eigenvalue weighted by Crippen LogP contribution is -2.81. The molecule has 36 heteroatoms. The van der Waals surface area contributed by atoms with Crippen LogP contribution in [0.15, 0.2) is 85.0 Å². The van der Waals surface area contributed by atoms with Gasteiger partial charge in [-0.2, -0.15) is 0 Å². The van der Waals surface area contributed by atoms with Crippen molar-refractivity contribution in [2.45, 2.75) is 206 Å². The van der Waals surface area contributed by atoms with Crippen molar-refractivity contribution in [3.8, 4) is 11.5 Å². The van der Waals surface area contributed by atoms with E-state index in [1.807, 2.05) is 94.1 Å². The van der Waals surface area contributed by atoms with Crippen molar-refractivity contribution in [2.24, 2.45) is 34.1 Å². The Balaban J connectivity index is 0.000000175. The first-order valence-corrected chi connectivity index (χ1v) is 52.0. The Hall–Kier alpha value is -7.58. The van der Waals surface area contributed by atoms with Crippen LogP contribution < -0.4 is 36.1 Å². The number of nitrogens with one attached hydrogen (secondary N) is 3. The number of likely N-dealkylation sites (N-methyl/N-ethyl adjacent to an activating group) is 2. The van der Waals surface area contributed by atoms with E-state index in [1.54, 1.807) is 28.1 Å². The minimum absolute atomic E-state index is 0.0886. The van der Waals surface area contributed by atoms with E-state index in [4.69, 9.17) is 53.5 Å². The predicted molar refractivity (Wildman–Crippen MR) is 516 cm³/mol. The Kier molecular flexibility index (Phi) is 27.4. The van der Waals surface area contributed by atoms with Crippen LogP contribution in [0.1, 0.15) is 157 Å². The first kappa shape index (κ1) is 99.4. The molecule has 33 nitrogen and oxygen atoms in total. The number of H-pyrrole nitrogens is 2. The molecule has 4 bridgehead atoms. The first-order chi connectivity index (χ1) is 63.7. The van der Waals surface area contributed by atoms with Crippen molar-refractivity contribution < 1.29 is 106 Å². The smallest absolute Gasteiger partial charge is 0.344 e. The summed E-state index contributed by atoms with van der Waals surface area (Å²) in [6.45, 7) is 20.5. The first-order valence-electron chi connectivity index (χ1n) is 47.4. The molecule has 732 valence electrons. The summed E-state index contributed by atoms with van der Waals surface area (Å²) in [7, 11) is 5.57. The van der Waals surface area contributed by atoms with Gasteiger partial charge in [-0.25, -0.2) is 4.79 Å². The number of methoxy groups -OCH3 is 5. The number of carbonyl (C=O) groups is 5. The fourth-order valence-corrected chi connectivity index (χ4v) is 30.4. The van der Waals surface area contributed by atoms with Crippen LogP contribution in [0, 0.1) is 26.2 Å². The third-order valence-electron chi connectivity index (χ3n) is 33.0. The summed E-state index contributed by atoms with van der Waals surface area (Å²) in [6.07, 6.45) is 11.4. The summed E-state index contributed by atoms with van der Waals surface area (Å²) in [5.74, 6) is -2.83. The molecule has 12 aliphatic rings. The number of aromatic nitrogens is 2. The van der Waals surface area contributed by atoms with E-state index in [0.717, 1.165) is 64.7 Å². The quantitative estimate of drug-likeness (QED) is 0.00886. The van der Waals surface area contributed by atoms with Crippen LogP contribution in [-0.4, -0.2) is 309 Å². The van der Waals surface area contributed by atoms with Crippen LogP contribution in [0.2, 0.25) is 0 Å². The number of ether oxygens (including phenoxy) is 6. The third kappa shape index (κ3) is 15.3. The predicted octanol–water partition coefficient (Wildman–Crippen LogP) is 8.78. The van der Waals surface area contributed by atoms with E-state index in [-0.39, 0.29) is 43.0 Å². The van der Waals surface area contributed by atoms with Gasteiger partial charge in [0.05, 0.1) is 84.4 Å². The van der Waals surface area contributed by atoms with Crippen LogP contribution >= 0.6 is 37.8 Å². The van der Waals surface area contributed by atoms with Crippen molar-refractivity contribution >= 4 is 106 Å². The topological polar surface area (TPSA) is 439 Å². The molecule has 2 aromatic heterocycles. The molecule has 18 rings (SSSR count). The summed E-state index contributed by atoms with van der Waals surface area (Å²) >= 11 is 2.33. The maximum absolute atomic E-state index is 15.5. The molecule has 21 atom stereocenters. The second-order valence-corrected chi connectivity index (χ2v) is 45.0. The number of nitrogens with two attached hydrogens (primary N) is 2. The molecule has 10 aliphatic heterocycles. The van der Waals surface area contributed by atoms with E-state index < -0.39 is 124 Å². The number of rotatable bonds is 24. The number of hydrogen-bond acceptors (Lipinski definition) is 29. The van der Waals surface area contributed by atoms with Gasteiger partial charge < -0.3 is 109 Å². The summed E-state index contributed by atoms with van der Waals surface area (Å²) in [4.78, 5) is 103. The lowest BCUT2D eigenvalue weighted by Gasteiger charge is -2.63. The fraction of sp³-hybridized carbons (Fsp3) is 0.622. The Morgan fingerprint density at radius 3 is 1.49 bits per heavy atom. The number of aromatic amines is 2. The number of esters is 4. The summed E-state index contributed by atoms with van der Waals surface area (Å²) in [6, 6.07) is 17.6. The highest BCUT2D eigenvalue weighted by molar-refractivity contribution is 14.1. The van der Waals surface area contributed by atoms with Crippen molar-refractivity contribution in [3.05, 3.63) is 133 Å². The molecule has 2 spiro atoms. The third-order valence-corrected chi connectivity index (χ3v) is 37.2. The Morgan fingerprint density at radius 1 is 0.582 bits per heavy atom. The van der Waals surface area contributed by atoms with Gasteiger partial charge >= 0.3 is 39.1 Å². The van der Waals surface area contributed by atoms with Crippen molar-refractivity contribution in [3.63, 3.8) is 0 Å². The van der Waals surface area contributed by atoms with E-state index >= 15 is 9.59 Å². The van der Waals surface area contributed by atoms with E-state index in [1.165, 1.54) is 35.4 Å². The second-order valence-electron chi connectivity index (χ2n) is 39.5. The molecule has 6 aromatic rings. The van der Waals surface area contributed by atoms with Crippen LogP contribution in [0.3, 0.4) is 0 Å². The molecule has 13 N–H and O–H groups in total. The Morgan fingerprint density at radius 2 is 1.05 bits per heavy atom. The molecule has 134 heavy (non-hydrogen) atoms. The number of benzene rings is 4. The highest BCUT2D eigenvalue weighted by Crippen LogP contribution is 2.71. The molecule has 2 aliphatic carbocycles. The van der Waals surface area contributed by atoms with Crippen LogP contribution in [0.4, 0.5) is 17.1 Å². The maximum Gasteiger partial charge on any atom is 0.344 e. The summed E-state index contributed by atoms with van der Waals surface area (Å²) < 4.78 is 75.9. The number of halogens is 1. The summed E-state index contributed by atoms with van der Waals surface area (Å²) in [5.41, 5.74) is 8.13. The highest BCUT2D eigenvalue weighted by Gasteiger charge is 2.82. The van der Waals surface area contributed by atoms with E-state index in [9.17, 15) is 53.9 Å². The Labute approximate surface area is 797 Å². The SMILES string of the molecule is CCOP(=O)(CCN)OCC.CC[C@]1(O)C[C@@H]2CN(CCc3c([nH]c4ccc(I)cc34)[C@@](C(=O)OC)(c3cc4c(cc3OC)N(C)[C@H]3[C@@](O)(C(=O)OC)[C@H](OC(C)=O)[C@]5(CC)C=CCN6CC[C@]43[C@@H]65)C2)C1.CC[C@]1(O)C[C@@H]2CN(CCc3c([nH]c4ccc(NCCP(=O)(O)OC)cc34)[C@@](C(=O)OC)(c3cc4c(cc3OC)N(C)[C@H]3[C@@](O)(C(N)=O)[C@H](O)[C@]5(CC)C=CCN6CC[C@]43[C@@H]65)C2)C1. The monoisotopic (exact) mass is 2010 g/mol. The minimum atomic E-state index is -3.75. The number of primary amides is 1. The van der Waals surface area contributed by atoms with Gasteiger partial charge in [-0.05, 0) is 209 Å². The fourth-order valence-electron chi connectivity index (χ4n) is 27.9. The number of nitrogens with zero attached hydrogens (tertiary/aromatic N) is 6. The standard InChI is InChI=1S/C46H57IN4O9.C46H63N6O10P.C6H16NO3P/c1-8-42(55)22-27-23-45(40(53)58-6,36-29(13-17-50(24-27)25-42)30-19-28(47)11-12-33(30)48-36)32-20-31-34(21-35(32)57-5)49(4)38-44(31)15-18-51-16-10-14-43(9-2,37(44)51)39(60-26(3)52)46(38,56)41(54)59-7;1-7-42(56)23-27-24-45(41(55)61-5,36-29(12-17-51(25-27)26-42)30-20-28(10-11-33(30)49-36)48-15-19-63(58,59)62-6)32-21-31-34(22-35(32)60-4)50(3)38-44(31)14-18-52-16-9-13-43(8-2,37(44)52)39(53)46(38,57)40(47)54;1-3-9-11(8,6-5-7)10-4-2/h10-12,14,19-21,27,37-39,48,55-56H,8-9,13,15-18,22-25H2,1-7H3;9-11,13,20-22,27,37-39,48-49,53,56-57H,7-8,12,14-19,23-26H2,1-6H3,(H2,47,54)(H,58,59);3-7H2,1-2H3/t2*27-,37-,38+,39+,42-,43+,44+,45-,46-;/m00./s1. The number of carbonyl (C=O) groups excluding carboxylic acids is 5. The molecule has 2 saturated carbocycles. The average molecular weight is 2010 g/mol. The highest BCUT2D eigenvalue weighted by atomic mass is 127. The number of piperidine rings is 2. The van der Waals surface area contributed by atoms with Gasteiger partial charge in [0.15, 0.2) is 11.7 Å². The largest absolute Gasteiger partial charge is 0.496 e.